The molecule has 1 amide bonds. The minimum Gasteiger partial charge on any atom is -0.308 e. The zero-order chi connectivity index (χ0) is 17.5. The van der Waals surface area contributed by atoms with Crippen LogP contribution in [0, 0.1) is 13.8 Å². The van der Waals surface area contributed by atoms with Crippen molar-refractivity contribution < 1.29 is 4.79 Å². The van der Waals surface area contributed by atoms with Gasteiger partial charge in [0.05, 0.1) is 0 Å². The van der Waals surface area contributed by atoms with Gasteiger partial charge in [-0.2, -0.15) is 0 Å². The predicted octanol–water partition coefficient (Wildman–Crippen LogP) is 4.87. The molecule has 5 heteroatoms. The van der Waals surface area contributed by atoms with Gasteiger partial charge in [0, 0.05) is 17.1 Å². The summed E-state index contributed by atoms with van der Waals surface area (Å²) in [5.41, 5.74) is 12.4. The summed E-state index contributed by atoms with van der Waals surface area (Å²) < 4.78 is 0. The fraction of sp³-hybridized carbons (Fsp3) is 0.211. The Morgan fingerprint density at radius 2 is 1.88 bits per heavy atom. The zero-order valence-electron chi connectivity index (χ0n) is 13.9. The molecule has 1 atom stereocenters. The van der Waals surface area contributed by atoms with Crippen molar-refractivity contribution >= 4 is 11.6 Å². The highest BCUT2D eigenvalue weighted by molar-refractivity contribution is 5.98. The van der Waals surface area contributed by atoms with E-state index in [-0.39, 0.29) is 5.91 Å². The molecule has 0 heterocycles. The number of amides is 1. The molecule has 24 heavy (non-hydrogen) atoms. The lowest BCUT2D eigenvalue weighted by Gasteiger charge is -2.25. The van der Waals surface area contributed by atoms with Crippen LogP contribution < -0.4 is 4.90 Å². The molecular formula is C19H20N4O. The molecule has 0 bridgehead atoms. The minimum absolute atomic E-state index is 0.274. The van der Waals surface area contributed by atoms with Crippen molar-refractivity contribution in [3.05, 3.63) is 88.3 Å². The largest absolute Gasteiger partial charge is 0.308 e. The summed E-state index contributed by atoms with van der Waals surface area (Å²) in [6.07, 6.45) is 1.66. The van der Waals surface area contributed by atoms with Gasteiger partial charge >= 0.3 is 0 Å². The summed E-state index contributed by atoms with van der Waals surface area (Å²) in [7, 11) is 0. The molecular weight excluding hydrogens is 300 g/mol. The standard InChI is InChI=1S/C19H20N4O/c1-4-10-23(17-12-14(2)11-15(3)13-17)19(24)18(21-22-20)16-8-6-5-7-9-16/h4-9,11-13,18H,1,10H2,2-3H3. The molecule has 2 aromatic rings. The van der Waals surface area contributed by atoms with Gasteiger partial charge in [-0.05, 0) is 48.2 Å². The van der Waals surface area contributed by atoms with Gasteiger partial charge in [-0.1, -0.05) is 47.6 Å². The Hall–Kier alpha value is -3.04. The number of hydrogen-bond acceptors (Lipinski definition) is 2. The van der Waals surface area contributed by atoms with Crippen molar-refractivity contribution in [1.29, 1.82) is 0 Å². The van der Waals surface area contributed by atoms with Crippen LogP contribution in [0.1, 0.15) is 22.7 Å². The number of aryl methyl sites for hydroxylation is 2. The maximum atomic E-state index is 13.1. The second-order valence-corrected chi connectivity index (χ2v) is 5.60. The summed E-state index contributed by atoms with van der Waals surface area (Å²) in [6, 6.07) is 14.1. The fourth-order valence-electron chi connectivity index (χ4n) is 2.65. The summed E-state index contributed by atoms with van der Waals surface area (Å²) in [5.74, 6) is -0.274. The monoisotopic (exact) mass is 320 g/mol. The smallest absolute Gasteiger partial charge is 0.240 e. The van der Waals surface area contributed by atoms with E-state index >= 15 is 0 Å². The van der Waals surface area contributed by atoms with E-state index in [2.05, 4.69) is 16.6 Å². The Bertz CT molecular complexity index is 759. The van der Waals surface area contributed by atoms with Crippen LogP contribution in [0.15, 0.2) is 66.3 Å². The Morgan fingerprint density at radius 3 is 2.42 bits per heavy atom. The first-order chi connectivity index (χ1) is 11.6. The summed E-state index contributed by atoms with van der Waals surface area (Å²) in [6.45, 7) is 8.04. The van der Waals surface area contributed by atoms with Gasteiger partial charge in [-0.25, -0.2) is 0 Å². The third-order valence-electron chi connectivity index (χ3n) is 3.61. The van der Waals surface area contributed by atoms with Gasteiger partial charge in [0.2, 0.25) is 5.91 Å². The molecule has 0 fully saturated rings. The van der Waals surface area contributed by atoms with E-state index in [0.717, 1.165) is 16.8 Å². The van der Waals surface area contributed by atoms with Crippen molar-refractivity contribution in [2.45, 2.75) is 19.9 Å². The number of carbonyl (C=O) groups excluding carboxylic acids is 1. The lowest BCUT2D eigenvalue weighted by atomic mass is 10.0. The quantitative estimate of drug-likeness (QED) is 0.324. The van der Waals surface area contributed by atoms with Crippen LogP contribution in [-0.2, 0) is 4.79 Å². The molecule has 0 saturated heterocycles. The summed E-state index contributed by atoms with van der Waals surface area (Å²) >= 11 is 0. The van der Waals surface area contributed by atoms with Crippen LogP contribution in [-0.4, -0.2) is 12.5 Å². The Kier molecular flexibility index (Phi) is 5.77. The number of hydrogen-bond donors (Lipinski definition) is 0. The van der Waals surface area contributed by atoms with Crippen molar-refractivity contribution in [1.82, 2.24) is 0 Å². The molecule has 0 N–H and O–H groups in total. The van der Waals surface area contributed by atoms with Crippen molar-refractivity contribution in [3.8, 4) is 0 Å². The molecule has 0 radical (unpaired) electrons. The molecule has 1 unspecified atom stereocenters. The molecule has 2 rings (SSSR count). The molecule has 5 nitrogen and oxygen atoms in total. The van der Waals surface area contributed by atoms with Crippen LogP contribution in [0.4, 0.5) is 5.69 Å². The third-order valence-corrected chi connectivity index (χ3v) is 3.61. The molecule has 2 aromatic carbocycles. The van der Waals surface area contributed by atoms with Gasteiger partial charge in [-0.3, -0.25) is 4.79 Å². The maximum Gasteiger partial charge on any atom is 0.240 e. The van der Waals surface area contributed by atoms with Crippen LogP contribution in [0.3, 0.4) is 0 Å². The maximum absolute atomic E-state index is 13.1. The van der Waals surface area contributed by atoms with Gasteiger partial charge in [0.15, 0.2) is 0 Å². The van der Waals surface area contributed by atoms with Gasteiger partial charge in [-0.15, -0.1) is 6.58 Å². The van der Waals surface area contributed by atoms with Gasteiger partial charge in [0.25, 0.3) is 0 Å². The average Bonchev–Trinajstić information content (AvgIpc) is 2.57. The molecule has 0 spiro atoms. The predicted molar refractivity (Wildman–Crippen MR) is 96.8 cm³/mol. The summed E-state index contributed by atoms with van der Waals surface area (Å²) in [5, 5.41) is 3.72. The zero-order valence-corrected chi connectivity index (χ0v) is 13.9. The van der Waals surface area contributed by atoms with Crippen LogP contribution in [0.5, 0.6) is 0 Å². The Balaban J connectivity index is 2.46. The second-order valence-electron chi connectivity index (χ2n) is 5.60. The molecule has 122 valence electrons. The topological polar surface area (TPSA) is 69.1 Å². The van der Waals surface area contributed by atoms with Crippen molar-refractivity contribution in [2.75, 3.05) is 11.4 Å². The first-order valence-electron chi connectivity index (χ1n) is 7.66. The molecule has 0 aliphatic carbocycles. The molecule has 0 aromatic heterocycles. The highest BCUT2D eigenvalue weighted by Crippen LogP contribution is 2.26. The van der Waals surface area contributed by atoms with E-state index in [1.807, 2.05) is 50.2 Å². The molecule has 0 saturated carbocycles. The number of nitrogens with zero attached hydrogens (tertiary/aromatic N) is 4. The summed E-state index contributed by atoms with van der Waals surface area (Å²) in [4.78, 5) is 17.5. The number of benzene rings is 2. The third kappa shape index (κ3) is 4.03. The van der Waals surface area contributed by atoms with Crippen molar-refractivity contribution in [3.63, 3.8) is 0 Å². The Labute approximate surface area is 141 Å². The highest BCUT2D eigenvalue weighted by atomic mass is 16.2. The first kappa shape index (κ1) is 17.3. The molecule has 0 aliphatic heterocycles. The molecule has 0 aliphatic rings. The highest BCUT2D eigenvalue weighted by Gasteiger charge is 2.25. The normalized spacial score (nSPS) is 11.2. The van der Waals surface area contributed by atoms with Crippen LogP contribution in [0.2, 0.25) is 0 Å². The number of azide groups is 1. The number of anilines is 1. The van der Waals surface area contributed by atoms with E-state index in [9.17, 15) is 4.79 Å². The van der Waals surface area contributed by atoms with E-state index < -0.39 is 6.04 Å². The van der Waals surface area contributed by atoms with Gasteiger partial charge < -0.3 is 4.90 Å². The Morgan fingerprint density at radius 1 is 1.25 bits per heavy atom. The fourth-order valence-corrected chi connectivity index (χ4v) is 2.65. The van der Waals surface area contributed by atoms with Crippen molar-refractivity contribution in [2.24, 2.45) is 5.11 Å². The van der Waals surface area contributed by atoms with E-state index in [1.165, 1.54) is 0 Å². The minimum atomic E-state index is -0.906. The first-order valence-corrected chi connectivity index (χ1v) is 7.66. The van der Waals surface area contributed by atoms with E-state index in [0.29, 0.717) is 12.1 Å². The lowest BCUT2D eigenvalue weighted by molar-refractivity contribution is -0.119. The second kappa shape index (κ2) is 7.99. The van der Waals surface area contributed by atoms with Crippen LogP contribution >= 0.6 is 0 Å². The van der Waals surface area contributed by atoms with E-state index in [4.69, 9.17) is 5.53 Å². The SMILES string of the molecule is C=CCN(C(=O)C(N=[N+]=[N-])c1ccccc1)c1cc(C)cc(C)c1. The number of carbonyl (C=O) groups is 1. The van der Waals surface area contributed by atoms with Gasteiger partial charge in [0.1, 0.15) is 6.04 Å². The number of rotatable bonds is 6. The van der Waals surface area contributed by atoms with E-state index in [1.54, 1.807) is 23.1 Å². The average molecular weight is 320 g/mol. The van der Waals surface area contributed by atoms with Crippen LogP contribution in [0.25, 0.3) is 10.4 Å². The lowest BCUT2D eigenvalue weighted by Crippen LogP contribution is -2.34.